The zero-order valence-corrected chi connectivity index (χ0v) is 14.6. The van der Waals surface area contributed by atoms with Crippen LogP contribution in [-0.4, -0.2) is 40.6 Å². The molecule has 0 N–H and O–H groups in total. The first-order chi connectivity index (χ1) is 11.9. The van der Waals surface area contributed by atoms with Crippen LogP contribution < -0.4 is 0 Å². The first-order valence-electron chi connectivity index (χ1n) is 8.76. The standard InChI is InChI=1S/C19H23FN2O3/c1-12(17(23)21(2)11-13-7-9-14(20)10-8-13)22-18(24)15-5-3-4-6-16(15)19(22)25/h7-10,12,15-16H,3-6,11H2,1-2H3. The molecule has 25 heavy (non-hydrogen) atoms. The van der Waals surface area contributed by atoms with Gasteiger partial charge in [0.15, 0.2) is 0 Å². The van der Waals surface area contributed by atoms with E-state index in [4.69, 9.17) is 0 Å². The van der Waals surface area contributed by atoms with Crippen LogP contribution in [0, 0.1) is 17.7 Å². The van der Waals surface area contributed by atoms with Crippen LogP contribution in [0.25, 0.3) is 0 Å². The number of amides is 3. The predicted molar refractivity (Wildman–Crippen MR) is 89.6 cm³/mol. The summed E-state index contributed by atoms with van der Waals surface area (Å²) in [4.78, 5) is 40.6. The Balaban J connectivity index is 1.70. The maximum Gasteiger partial charge on any atom is 0.245 e. The van der Waals surface area contributed by atoms with Crippen molar-refractivity contribution in [3.63, 3.8) is 0 Å². The van der Waals surface area contributed by atoms with Crippen molar-refractivity contribution in [3.8, 4) is 0 Å². The van der Waals surface area contributed by atoms with Crippen molar-refractivity contribution in [3.05, 3.63) is 35.6 Å². The second kappa shape index (κ2) is 6.94. The largest absolute Gasteiger partial charge is 0.340 e. The SMILES string of the molecule is CC(C(=O)N(C)Cc1ccc(F)cc1)N1C(=O)C2CCCCC2C1=O. The third kappa shape index (κ3) is 3.30. The molecule has 3 rings (SSSR count). The van der Waals surface area contributed by atoms with Gasteiger partial charge in [-0.05, 0) is 37.5 Å². The number of imide groups is 1. The second-order valence-corrected chi connectivity index (χ2v) is 7.04. The molecular formula is C19H23FN2O3. The highest BCUT2D eigenvalue weighted by Gasteiger charge is 2.51. The van der Waals surface area contributed by atoms with Gasteiger partial charge in [-0.15, -0.1) is 0 Å². The lowest BCUT2D eigenvalue weighted by Gasteiger charge is -2.27. The summed E-state index contributed by atoms with van der Waals surface area (Å²) in [5, 5.41) is 0. The molecule has 134 valence electrons. The Morgan fingerprint density at radius 1 is 1.16 bits per heavy atom. The van der Waals surface area contributed by atoms with Gasteiger partial charge in [-0.25, -0.2) is 4.39 Å². The monoisotopic (exact) mass is 346 g/mol. The van der Waals surface area contributed by atoms with Crippen LogP contribution in [0.3, 0.4) is 0 Å². The Kier molecular flexibility index (Phi) is 4.88. The number of fused-ring (bicyclic) bond motifs is 1. The van der Waals surface area contributed by atoms with Crippen molar-refractivity contribution in [1.82, 2.24) is 9.80 Å². The van der Waals surface area contributed by atoms with E-state index in [0.717, 1.165) is 31.2 Å². The van der Waals surface area contributed by atoms with E-state index in [9.17, 15) is 18.8 Å². The molecule has 2 aliphatic rings. The minimum atomic E-state index is -0.809. The molecule has 1 aliphatic heterocycles. The normalized spacial score (nSPS) is 24.2. The van der Waals surface area contributed by atoms with Crippen molar-refractivity contribution >= 4 is 17.7 Å². The fraction of sp³-hybridized carbons (Fsp3) is 0.526. The van der Waals surface area contributed by atoms with Gasteiger partial charge in [0.25, 0.3) is 0 Å². The van der Waals surface area contributed by atoms with Crippen molar-refractivity contribution in [2.75, 3.05) is 7.05 Å². The molecule has 0 radical (unpaired) electrons. The van der Waals surface area contributed by atoms with Gasteiger partial charge in [0, 0.05) is 13.6 Å². The molecule has 1 aromatic rings. The Morgan fingerprint density at radius 2 is 1.68 bits per heavy atom. The first-order valence-corrected chi connectivity index (χ1v) is 8.76. The van der Waals surface area contributed by atoms with Gasteiger partial charge in [0.1, 0.15) is 11.9 Å². The number of carbonyl (C=O) groups excluding carboxylic acids is 3. The summed E-state index contributed by atoms with van der Waals surface area (Å²) in [6, 6.07) is 5.11. The van der Waals surface area contributed by atoms with Gasteiger partial charge in [-0.3, -0.25) is 19.3 Å². The predicted octanol–water partition coefficient (Wildman–Crippen LogP) is 2.35. The van der Waals surface area contributed by atoms with Crippen LogP contribution in [0.1, 0.15) is 38.2 Å². The molecule has 1 aliphatic carbocycles. The molecule has 5 nitrogen and oxygen atoms in total. The van der Waals surface area contributed by atoms with E-state index in [0.29, 0.717) is 6.54 Å². The molecule has 6 heteroatoms. The highest BCUT2D eigenvalue weighted by atomic mass is 19.1. The Labute approximate surface area is 146 Å². The molecule has 3 atom stereocenters. The molecule has 0 bridgehead atoms. The van der Waals surface area contributed by atoms with Crippen molar-refractivity contribution in [2.24, 2.45) is 11.8 Å². The molecule has 1 saturated heterocycles. The van der Waals surface area contributed by atoms with Crippen LogP contribution in [-0.2, 0) is 20.9 Å². The van der Waals surface area contributed by atoms with Crippen molar-refractivity contribution in [1.29, 1.82) is 0 Å². The maximum absolute atomic E-state index is 13.0. The molecule has 3 amide bonds. The van der Waals surface area contributed by atoms with Gasteiger partial charge in [-0.2, -0.15) is 0 Å². The lowest BCUT2D eigenvalue weighted by molar-refractivity contribution is -0.150. The van der Waals surface area contributed by atoms with Gasteiger partial charge in [0.2, 0.25) is 17.7 Å². The second-order valence-electron chi connectivity index (χ2n) is 7.04. The summed E-state index contributed by atoms with van der Waals surface area (Å²) in [5.74, 6) is -1.53. The number of rotatable bonds is 4. The van der Waals surface area contributed by atoms with Crippen molar-refractivity contribution < 1.29 is 18.8 Å². The number of likely N-dealkylation sites (tertiary alicyclic amines) is 1. The lowest BCUT2D eigenvalue weighted by Crippen LogP contribution is -2.48. The van der Waals surface area contributed by atoms with E-state index in [1.54, 1.807) is 26.1 Å². The van der Waals surface area contributed by atoms with Gasteiger partial charge in [-0.1, -0.05) is 25.0 Å². The smallest absolute Gasteiger partial charge is 0.245 e. The number of likely N-dealkylation sites (N-methyl/N-ethyl adjacent to an activating group) is 1. The van der Waals surface area contributed by atoms with Crippen molar-refractivity contribution in [2.45, 2.75) is 45.2 Å². The number of nitrogens with zero attached hydrogens (tertiary/aromatic N) is 2. The zero-order chi connectivity index (χ0) is 18.1. The fourth-order valence-electron chi connectivity index (χ4n) is 3.94. The highest BCUT2D eigenvalue weighted by molar-refractivity contribution is 6.08. The number of carbonyl (C=O) groups is 3. The minimum Gasteiger partial charge on any atom is -0.340 e. The number of hydrogen-bond donors (Lipinski definition) is 0. The average molecular weight is 346 g/mol. The summed E-state index contributed by atoms with van der Waals surface area (Å²) in [6.45, 7) is 1.91. The zero-order valence-electron chi connectivity index (χ0n) is 14.6. The third-order valence-electron chi connectivity index (χ3n) is 5.33. The van der Waals surface area contributed by atoms with Crippen LogP contribution in [0.5, 0.6) is 0 Å². The van der Waals surface area contributed by atoms with E-state index in [1.807, 2.05) is 0 Å². The third-order valence-corrected chi connectivity index (χ3v) is 5.33. The fourth-order valence-corrected chi connectivity index (χ4v) is 3.94. The molecule has 2 fully saturated rings. The number of benzene rings is 1. The molecule has 0 aromatic heterocycles. The molecule has 1 saturated carbocycles. The molecular weight excluding hydrogens is 323 g/mol. The van der Waals surface area contributed by atoms with Crippen LogP contribution in [0.4, 0.5) is 4.39 Å². The van der Waals surface area contributed by atoms with E-state index >= 15 is 0 Å². The Hall–Kier alpha value is -2.24. The molecule has 3 unspecified atom stereocenters. The quantitative estimate of drug-likeness (QED) is 0.787. The van der Waals surface area contributed by atoms with Crippen LogP contribution >= 0.6 is 0 Å². The molecule has 1 heterocycles. The van der Waals surface area contributed by atoms with Crippen LogP contribution in [0.2, 0.25) is 0 Å². The van der Waals surface area contributed by atoms with Gasteiger partial charge >= 0.3 is 0 Å². The van der Waals surface area contributed by atoms with Gasteiger partial charge in [0.05, 0.1) is 11.8 Å². The maximum atomic E-state index is 13.0. The molecule has 1 aromatic carbocycles. The summed E-state index contributed by atoms with van der Waals surface area (Å²) >= 11 is 0. The van der Waals surface area contributed by atoms with E-state index < -0.39 is 6.04 Å². The molecule has 0 spiro atoms. The number of halogens is 1. The van der Waals surface area contributed by atoms with Gasteiger partial charge < -0.3 is 4.90 Å². The summed E-state index contributed by atoms with van der Waals surface area (Å²) < 4.78 is 13.0. The first kappa shape index (κ1) is 17.6. The minimum absolute atomic E-state index is 0.203. The average Bonchev–Trinajstić information content (AvgIpc) is 2.87. The van der Waals surface area contributed by atoms with E-state index in [2.05, 4.69) is 0 Å². The van der Waals surface area contributed by atoms with Crippen LogP contribution in [0.15, 0.2) is 24.3 Å². The van der Waals surface area contributed by atoms with E-state index in [1.165, 1.54) is 21.9 Å². The summed E-state index contributed by atoms with van der Waals surface area (Å²) in [5.41, 5.74) is 0.789. The Bertz CT molecular complexity index is 664. The number of hydrogen-bond acceptors (Lipinski definition) is 3. The highest BCUT2D eigenvalue weighted by Crippen LogP contribution is 2.39. The topological polar surface area (TPSA) is 57.7 Å². The lowest BCUT2D eigenvalue weighted by atomic mass is 9.81. The van der Waals surface area contributed by atoms with E-state index in [-0.39, 0.29) is 35.4 Å². The Morgan fingerprint density at radius 3 is 2.20 bits per heavy atom. The summed E-state index contributed by atoms with van der Waals surface area (Å²) in [7, 11) is 1.63. The summed E-state index contributed by atoms with van der Waals surface area (Å²) in [6.07, 6.45) is 3.39.